The normalized spacial score (nSPS) is 24.0. The maximum atomic E-state index is 13.7. The number of halogens is 3. The van der Waals surface area contributed by atoms with E-state index < -0.39 is 52.9 Å². The van der Waals surface area contributed by atoms with E-state index in [1.807, 2.05) is 6.92 Å². The van der Waals surface area contributed by atoms with Crippen LogP contribution in [0, 0.1) is 11.8 Å². The fourth-order valence-corrected chi connectivity index (χ4v) is 5.88. The monoisotopic (exact) mass is 566 g/mol. The van der Waals surface area contributed by atoms with Crippen molar-refractivity contribution in [3.8, 4) is 11.5 Å². The van der Waals surface area contributed by atoms with E-state index in [9.17, 15) is 32.7 Å². The van der Waals surface area contributed by atoms with E-state index in [0.29, 0.717) is 17.5 Å². The Bertz CT molecular complexity index is 1460. The zero-order valence-corrected chi connectivity index (χ0v) is 22.2. The lowest BCUT2D eigenvalue weighted by molar-refractivity contribution is -0.151. The first-order valence-corrected chi connectivity index (χ1v) is 13.4. The summed E-state index contributed by atoms with van der Waals surface area (Å²) < 4.78 is 45.3. The Morgan fingerprint density at radius 2 is 1.66 bits per heavy atom. The number of aliphatic carboxylic acids is 1. The summed E-state index contributed by atoms with van der Waals surface area (Å²) in [6.45, 7) is 2.14. The average molecular weight is 567 g/mol. The van der Waals surface area contributed by atoms with Crippen LogP contribution in [0.4, 0.5) is 13.2 Å². The van der Waals surface area contributed by atoms with Crippen LogP contribution in [0.1, 0.15) is 42.5 Å². The van der Waals surface area contributed by atoms with Crippen LogP contribution in [0.15, 0.2) is 78.9 Å². The van der Waals surface area contributed by atoms with Crippen molar-refractivity contribution >= 4 is 17.8 Å². The number of carbonyl (C=O) groups excluding carboxylic acids is 2. The Labute approximate surface area is 234 Å². The van der Waals surface area contributed by atoms with Gasteiger partial charge in [0.05, 0.1) is 17.4 Å². The second-order valence-electron chi connectivity index (χ2n) is 10.4. The molecule has 2 aliphatic rings. The van der Waals surface area contributed by atoms with Crippen LogP contribution in [0.3, 0.4) is 0 Å². The van der Waals surface area contributed by atoms with Crippen molar-refractivity contribution in [1.82, 2.24) is 10.2 Å². The first-order valence-electron chi connectivity index (χ1n) is 13.4. The minimum Gasteiger partial charge on any atom is -0.480 e. The molecule has 3 aromatic carbocycles. The van der Waals surface area contributed by atoms with Crippen molar-refractivity contribution in [3.05, 3.63) is 95.6 Å². The van der Waals surface area contributed by atoms with Crippen LogP contribution in [0.25, 0.3) is 0 Å². The number of amides is 2. The van der Waals surface area contributed by atoms with Gasteiger partial charge in [0.1, 0.15) is 17.0 Å². The van der Waals surface area contributed by atoms with Crippen LogP contribution >= 0.6 is 0 Å². The highest BCUT2D eigenvalue weighted by atomic mass is 19.4. The predicted molar refractivity (Wildman–Crippen MR) is 143 cm³/mol. The van der Waals surface area contributed by atoms with Gasteiger partial charge in [-0.25, -0.2) is 0 Å². The molecule has 3 aromatic rings. The number of likely N-dealkylation sites (tertiary alicyclic amines) is 1. The number of imide groups is 1. The summed E-state index contributed by atoms with van der Waals surface area (Å²) in [5.74, 6) is -4.16. The number of fused-ring (bicyclic) bond motifs is 1. The minimum atomic E-state index is -4.54. The Kier molecular flexibility index (Phi) is 7.61. The smallest absolute Gasteiger partial charge is 0.416 e. The van der Waals surface area contributed by atoms with Crippen molar-refractivity contribution in [1.29, 1.82) is 0 Å². The molecule has 7 nitrogen and oxygen atoms in total. The quantitative estimate of drug-likeness (QED) is 0.327. The Morgan fingerprint density at radius 1 is 0.976 bits per heavy atom. The number of carbonyl (C=O) groups is 3. The molecule has 0 aromatic heterocycles. The van der Waals surface area contributed by atoms with Gasteiger partial charge in [0, 0.05) is 19.0 Å². The van der Waals surface area contributed by atoms with Gasteiger partial charge < -0.3 is 9.84 Å². The molecule has 2 N–H and O–H groups in total. The van der Waals surface area contributed by atoms with Gasteiger partial charge >= 0.3 is 12.1 Å². The number of nitrogens with one attached hydrogen (secondary N) is 1. The van der Waals surface area contributed by atoms with E-state index in [4.69, 9.17) is 4.74 Å². The van der Waals surface area contributed by atoms with Crippen molar-refractivity contribution in [2.75, 3.05) is 6.54 Å². The third-order valence-electron chi connectivity index (χ3n) is 7.80. The number of carboxylic acid groups (broad SMARTS) is 1. The standard InChI is InChI=1S/C31H29F3N2O5/c1-2-3-15-36-27(37)24-25(28(36)38)30(29(39)40,18-19-9-5-4-6-10-19)35-26(24)20-11-7-13-22(16-20)41-23-14-8-12-21(17-23)31(32,33)34/h4-14,16-17,24-26,35H,2-3,15,18H2,1H3,(H,39,40). The lowest BCUT2D eigenvalue weighted by Gasteiger charge is -2.31. The number of ether oxygens (including phenoxy) is 1. The minimum absolute atomic E-state index is 0.0259. The second-order valence-corrected chi connectivity index (χ2v) is 10.4. The van der Waals surface area contributed by atoms with Gasteiger partial charge in [-0.1, -0.05) is 61.9 Å². The molecule has 2 fully saturated rings. The molecule has 0 saturated carbocycles. The fraction of sp³-hybridized carbons (Fsp3) is 0.323. The number of hydrogen-bond donors (Lipinski definition) is 2. The van der Waals surface area contributed by atoms with Crippen LogP contribution < -0.4 is 10.1 Å². The molecule has 0 radical (unpaired) electrons. The molecule has 0 bridgehead atoms. The predicted octanol–water partition coefficient (Wildman–Crippen LogP) is 5.61. The van der Waals surface area contributed by atoms with Gasteiger partial charge in [0.25, 0.3) is 0 Å². The molecule has 4 unspecified atom stereocenters. The van der Waals surface area contributed by atoms with Crippen LogP contribution in [0.5, 0.6) is 11.5 Å². The number of hydrogen-bond acceptors (Lipinski definition) is 5. The SMILES string of the molecule is CCCCN1C(=O)C2C(c3cccc(Oc4cccc(C(F)(F)F)c4)c3)NC(Cc3ccccc3)(C(=O)O)C2C1=O. The highest BCUT2D eigenvalue weighted by Gasteiger charge is 2.68. The van der Waals surface area contributed by atoms with E-state index in [-0.39, 0.29) is 24.5 Å². The van der Waals surface area contributed by atoms with Crippen molar-refractivity contribution < 1.29 is 37.4 Å². The molecule has 2 amide bonds. The third-order valence-corrected chi connectivity index (χ3v) is 7.80. The Hall–Kier alpha value is -4.18. The van der Waals surface area contributed by atoms with Gasteiger partial charge in [-0.3, -0.25) is 24.6 Å². The van der Waals surface area contributed by atoms with Gasteiger partial charge in [-0.15, -0.1) is 0 Å². The first kappa shape index (κ1) is 28.4. The molecule has 214 valence electrons. The molecule has 2 saturated heterocycles. The van der Waals surface area contributed by atoms with E-state index in [1.54, 1.807) is 54.6 Å². The van der Waals surface area contributed by atoms with Crippen LogP contribution in [-0.4, -0.2) is 39.9 Å². The highest BCUT2D eigenvalue weighted by Crippen LogP contribution is 2.50. The molecule has 5 rings (SSSR count). The number of unbranched alkanes of at least 4 members (excludes halogenated alkanes) is 1. The maximum Gasteiger partial charge on any atom is 0.416 e. The summed E-state index contributed by atoms with van der Waals surface area (Å²) in [5, 5.41) is 13.7. The largest absolute Gasteiger partial charge is 0.480 e. The third kappa shape index (κ3) is 5.31. The van der Waals surface area contributed by atoms with E-state index in [1.165, 1.54) is 17.0 Å². The number of benzene rings is 3. The molecular formula is C31H29F3N2O5. The summed E-state index contributed by atoms with van der Waals surface area (Å²) >= 11 is 0. The van der Waals surface area contributed by atoms with Crippen molar-refractivity contribution in [2.45, 2.75) is 43.9 Å². The van der Waals surface area contributed by atoms with Crippen molar-refractivity contribution in [3.63, 3.8) is 0 Å². The fourth-order valence-electron chi connectivity index (χ4n) is 5.88. The molecule has 2 aliphatic heterocycles. The van der Waals surface area contributed by atoms with Crippen LogP contribution in [-0.2, 0) is 27.0 Å². The van der Waals surface area contributed by atoms with E-state index in [0.717, 1.165) is 18.6 Å². The number of carboxylic acids is 1. The molecule has 0 spiro atoms. The maximum absolute atomic E-state index is 13.7. The van der Waals surface area contributed by atoms with Gasteiger partial charge in [-0.05, 0) is 47.9 Å². The summed E-state index contributed by atoms with van der Waals surface area (Å²) in [4.78, 5) is 41.5. The summed E-state index contributed by atoms with van der Waals surface area (Å²) in [6.07, 6.45) is -3.23. The molecular weight excluding hydrogens is 537 g/mol. The summed E-state index contributed by atoms with van der Waals surface area (Å²) in [6, 6.07) is 18.9. The van der Waals surface area contributed by atoms with Gasteiger partial charge in [0.15, 0.2) is 0 Å². The number of rotatable bonds is 9. The lowest BCUT2D eigenvalue weighted by Crippen LogP contribution is -2.57. The molecule has 0 aliphatic carbocycles. The molecule has 41 heavy (non-hydrogen) atoms. The lowest BCUT2D eigenvalue weighted by atomic mass is 9.76. The summed E-state index contributed by atoms with van der Waals surface area (Å²) in [7, 11) is 0. The highest BCUT2D eigenvalue weighted by molar-refractivity contribution is 6.09. The van der Waals surface area contributed by atoms with Crippen LogP contribution in [0.2, 0.25) is 0 Å². The van der Waals surface area contributed by atoms with E-state index >= 15 is 0 Å². The first-order chi connectivity index (χ1) is 19.5. The van der Waals surface area contributed by atoms with E-state index in [2.05, 4.69) is 5.32 Å². The van der Waals surface area contributed by atoms with Crippen molar-refractivity contribution in [2.24, 2.45) is 11.8 Å². The number of alkyl halides is 3. The topological polar surface area (TPSA) is 95.9 Å². The Balaban J connectivity index is 1.53. The summed E-state index contributed by atoms with van der Waals surface area (Å²) in [5.41, 5.74) is -1.45. The zero-order chi connectivity index (χ0) is 29.4. The molecule has 2 heterocycles. The molecule has 10 heteroatoms. The Morgan fingerprint density at radius 3 is 2.32 bits per heavy atom. The second kappa shape index (κ2) is 11.0. The van der Waals surface area contributed by atoms with Gasteiger partial charge in [0.2, 0.25) is 11.8 Å². The average Bonchev–Trinajstić information content (AvgIpc) is 3.41. The van der Waals surface area contributed by atoms with Gasteiger partial charge in [-0.2, -0.15) is 13.2 Å². The zero-order valence-electron chi connectivity index (χ0n) is 22.2. The molecule has 4 atom stereocenters. The number of nitrogens with zero attached hydrogens (tertiary/aromatic N) is 1.